The first-order valence-electron chi connectivity index (χ1n) is 9.68. The van der Waals surface area contributed by atoms with Crippen LogP contribution in [0.5, 0.6) is 11.5 Å². The number of rotatable bonds is 13. The molecule has 0 bridgehead atoms. The number of hydrogen-bond donors (Lipinski definition) is 2. The summed E-state index contributed by atoms with van der Waals surface area (Å²) in [5.41, 5.74) is 0.854. The van der Waals surface area contributed by atoms with E-state index in [4.69, 9.17) is 0 Å². The fourth-order valence-electron chi connectivity index (χ4n) is 2.80. The molecule has 138 valence electrons. The van der Waals surface area contributed by atoms with Crippen molar-refractivity contribution in [1.82, 2.24) is 0 Å². The van der Waals surface area contributed by atoms with Gasteiger partial charge in [-0.25, -0.2) is 0 Å². The number of para-hydroxylation sites is 1. The van der Waals surface area contributed by atoms with Crippen LogP contribution < -0.4 is 0 Å². The van der Waals surface area contributed by atoms with Crippen molar-refractivity contribution in [2.45, 2.75) is 71.1 Å². The lowest BCUT2D eigenvalue weighted by Gasteiger charge is -2.06. The van der Waals surface area contributed by atoms with Crippen LogP contribution in [0.15, 0.2) is 54.7 Å². The maximum atomic E-state index is 9.75. The van der Waals surface area contributed by atoms with Crippen molar-refractivity contribution in [2.24, 2.45) is 0 Å². The van der Waals surface area contributed by atoms with Crippen LogP contribution in [0.3, 0.4) is 0 Å². The molecule has 0 aliphatic rings. The van der Waals surface area contributed by atoms with Crippen molar-refractivity contribution in [3.63, 3.8) is 0 Å². The molecular weight excluding hydrogens is 308 g/mol. The molecular formula is C23H34O2. The molecule has 0 unspecified atom stereocenters. The minimum absolute atomic E-state index is 0.0135. The van der Waals surface area contributed by atoms with Crippen LogP contribution >= 0.6 is 0 Å². The fourth-order valence-corrected chi connectivity index (χ4v) is 2.80. The molecule has 0 atom stereocenters. The Labute approximate surface area is 153 Å². The summed E-state index contributed by atoms with van der Waals surface area (Å²) < 4.78 is 0. The number of hydrogen-bond acceptors (Lipinski definition) is 2. The summed E-state index contributed by atoms with van der Waals surface area (Å²) in [6, 6.07) is 5.20. The molecule has 0 amide bonds. The van der Waals surface area contributed by atoms with Crippen LogP contribution in [0.2, 0.25) is 0 Å². The van der Waals surface area contributed by atoms with Crippen molar-refractivity contribution >= 4 is 0 Å². The van der Waals surface area contributed by atoms with Crippen LogP contribution in [0.4, 0.5) is 0 Å². The molecule has 0 saturated carbocycles. The Bertz CT molecular complexity index is 541. The number of allylic oxidation sites excluding steroid dienone is 6. The molecule has 25 heavy (non-hydrogen) atoms. The molecule has 0 radical (unpaired) electrons. The molecule has 2 heteroatoms. The van der Waals surface area contributed by atoms with Crippen LogP contribution in [0.25, 0.3) is 0 Å². The highest BCUT2D eigenvalue weighted by Crippen LogP contribution is 2.29. The number of phenolic OH excluding ortho intramolecular Hbond substituents is 2. The summed E-state index contributed by atoms with van der Waals surface area (Å²) in [4.78, 5) is 0. The number of aryl methyl sites for hydroxylation is 1. The SMILES string of the molecule is C/C=C/C=C/C/C=C\CCCCCCCCCc1cccc(O)c1O. The molecule has 2 N–H and O–H groups in total. The second-order valence-electron chi connectivity index (χ2n) is 6.46. The first kappa shape index (κ1) is 21.1. The summed E-state index contributed by atoms with van der Waals surface area (Å²) in [5.74, 6) is 0.0354. The Morgan fingerprint density at radius 3 is 2.28 bits per heavy atom. The van der Waals surface area contributed by atoms with E-state index in [0.717, 1.165) is 24.8 Å². The Morgan fingerprint density at radius 2 is 1.52 bits per heavy atom. The van der Waals surface area contributed by atoms with Crippen molar-refractivity contribution in [3.05, 3.63) is 60.2 Å². The third-order valence-electron chi connectivity index (χ3n) is 4.29. The van der Waals surface area contributed by atoms with E-state index >= 15 is 0 Å². The van der Waals surface area contributed by atoms with Gasteiger partial charge in [0.05, 0.1) is 0 Å². The molecule has 0 aliphatic carbocycles. The topological polar surface area (TPSA) is 40.5 Å². The van der Waals surface area contributed by atoms with E-state index in [1.807, 2.05) is 19.1 Å². The number of unbranched alkanes of at least 4 members (excludes halogenated alkanes) is 7. The summed E-state index contributed by atoms with van der Waals surface area (Å²) in [6.07, 6.45) is 24.7. The van der Waals surface area contributed by atoms with E-state index in [1.165, 1.54) is 51.0 Å². The van der Waals surface area contributed by atoms with Gasteiger partial charge in [0.25, 0.3) is 0 Å². The molecule has 1 rings (SSSR count). The van der Waals surface area contributed by atoms with E-state index in [-0.39, 0.29) is 11.5 Å². The quantitative estimate of drug-likeness (QED) is 0.178. The smallest absolute Gasteiger partial charge is 0.160 e. The second-order valence-corrected chi connectivity index (χ2v) is 6.46. The highest BCUT2D eigenvalue weighted by Gasteiger charge is 2.04. The van der Waals surface area contributed by atoms with Crippen LogP contribution in [-0.4, -0.2) is 10.2 Å². The van der Waals surface area contributed by atoms with Gasteiger partial charge in [-0.05, 0) is 50.7 Å². The largest absolute Gasteiger partial charge is 0.504 e. The number of phenols is 2. The first-order valence-corrected chi connectivity index (χ1v) is 9.68. The highest BCUT2D eigenvalue weighted by atomic mass is 16.3. The van der Waals surface area contributed by atoms with Crippen molar-refractivity contribution in [1.29, 1.82) is 0 Å². The molecule has 1 aromatic rings. The molecule has 0 aliphatic heterocycles. The monoisotopic (exact) mass is 342 g/mol. The lowest BCUT2D eigenvalue weighted by Crippen LogP contribution is -1.87. The molecule has 0 saturated heterocycles. The molecule has 2 nitrogen and oxygen atoms in total. The predicted octanol–water partition coefficient (Wildman–Crippen LogP) is 6.84. The Morgan fingerprint density at radius 1 is 0.800 bits per heavy atom. The number of benzene rings is 1. The lowest BCUT2D eigenvalue weighted by molar-refractivity contribution is 0.398. The van der Waals surface area contributed by atoms with Gasteiger partial charge in [-0.15, -0.1) is 0 Å². The van der Waals surface area contributed by atoms with Crippen molar-refractivity contribution in [3.8, 4) is 11.5 Å². The normalized spacial score (nSPS) is 12.0. The summed E-state index contributed by atoms with van der Waals surface area (Å²) in [6.45, 7) is 2.03. The second kappa shape index (κ2) is 14.4. The van der Waals surface area contributed by atoms with Crippen LogP contribution in [0, 0.1) is 0 Å². The minimum Gasteiger partial charge on any atom is -0.504 e. The summed E-state index contributed by atoms with van der Waals surface area (Å²) in [5, 5.41) is 19.2. The molecule has 1 aromatic carbocycles. The highest BCUT2D eigenvalue weighted by molar-refractivity contribution is 5.44. The van der Waals surface area contributed by atoms with E-state index in [2.05, 4.69) is 30.4 Å². The molecule has 0 heterocycles. The van der Waals surface area contributed by atoms with E-state index in [9.17, 15) is 10.2 Å². The zero-order valence-electron chi connectivity index (χ0n) is 15.7. The number of aromatic hydroxyl groups is 2. The van der Waals surface area contributed by atoms with Crippen molar-refractivity contribution in [2.75, 3.05) is 0 Å². The van der Waals surface area contributed by atoms with E-state index in [0.29, 0.717) is 0 Å². The third-order valence-corrected chi connectivity index (χ3v) is 4.29. The van der Waals surface area contributed by atoms with Gasteiger partial charge in [-0.3, -0.25) is 0 Å². The molecule has 0 aromatic heterocycles. The van der Waals surface area contributed by atoms with Gasteiger partial charge in [0.1, 0.15) is 0 Å². The summed E-state index contributed by atoms with van der Waals surface area (Å²) in [7, 11) is 0. The zero-order valence-corrected chi connectivity index (χ0v) is 15.7. The Kier molecular flexibility index (Phi) is 12.1. The van der Waals surface area contributed by atoms with Gasteiger partial charge in [0, 0.05) is 0 Å². The van der Waals surface area contributed by atoms with Gasteiger partial charge >= 0.3 is 0 Å². The molecule has 0 fully saturated rings. The van der Waals surface area contributed by atoms with Gasteiger partial charge in [0.2, 0.25) is 0 Å². The fraction of sp³-hybridized carbons (Fsp3) is 0.478. The maximum absolute atomic E-state index is 9.75. The van der Waals surface area contributed by atoms with Gasteiger partial charge in [-0.1, -0.05) is 80.7 Å². The van der Waals surface area contributed by atoms with Gasteiger partial charge in [0.15, 0.2) is 11.5 Å². The lowest BCUT2D eigenvalue weighted by atomic mass is 10.0. The molecule has 0 spiro atoms. The third kappa shape index (κ3) is 10.5. The standard InChI is InChI=1S/C23H34O2/c1-2-3-4-5-6-7-8-9-10-11-12-13-14-15-16-18-21-19-17-20-22(24)23(21)25/h2-5,7-8,17,19-20,24-25H,6,9-16,18H2,1H3/b3-2+,5-4+,8-7-. The predicted molar refractivity (Wildman–Crippen MR) is 108 cm³/mol. The maximum Gasteiger partial charge on any atom is 0.160 e. The Hall–Kier alpha value is -1.96. The average molecular weight is 343 g/mol. The summed E-state index contributed by atoms with van der Waals surface area (Å²) >= 11 is 0. The van der Waals surface area contributed by atoms with Crippen molar-refractivity contribution < 1.29 is 10.2 Å². The van der Waals surface area contributed by atoms with E-state index < -0.39 is 0 Å². The van der Waals surface area contributed by atoms with Gasteiger partial charge in [-0.2, -0.15) is 0 Å². The Balaban J connectivity index is 1.92. The van der Waals surface area contributed by atoms with Crippen LogP contribution in [0.1, 0.15) is 70.3 Å². The van der Waals surface area contributed by atoms with E-state index in [1.54, 1.807) is 6.07 Å². The van der Waals surface area contributed by atoms with Gasteiger partial charge < -0.3 is 10.2 Å². The minimum atomic E-state index is -0.0135. The van der Waals surface area contributed by atoms with Crippen LogP contribution in [-0.2, 0) is 6.42 Å². The first-order chi connectivity index (χ1) is 12.3. The average Bonchev–Trinajstić information content (AvgIpc) is 2.61. The zero-order chi connectivity index (χ0) is 18.2.